The Hall–Kier alpha value is -2.39. The number of hydrogen-bond donors (Lipinski definition) is 2. The van der Waals surface area contributed by atoms with E-state index < -0.39 is 52.6 Å². The molecule has 0 saturated heterocycles. The Morgan fingerprint density at radius 2 is 2.00 bits per heavy atom. The maximum absolute atomic E-state index is 13.5. The molecule has 0 aromatic heterocycles. The van der Waals surface area contributed by atoms with Crippen molar-refractivity contribution < 1.29 is 27.3 Å². The van der Waals surface area contributed by atoms with Crippen LogP contribution in [0.25, 0.3) is 0 Å². The van der Waals surface area contributed by atoms with Crippen LogP contribution >= 0.6 is 0 Å². The lowest BCUT2D eigenvalue weighted by Gasteiger charge is -2.09. The van der Waals surface area contributed by atoms with E-state index in [0.29, 0.717) is 6.07 Å². The van der Waals surface area contributed by atoms with Gasteiger partial charge in [-0.2, -0.15) is 13.2 Å². The van der Waals surface area contributed by atoms with Crippen molar-refractivity contribution in [3.63, 3.8) is 0 Å². The summed E-state index contributed by atoms with van der Waals surface area (Å²) < 4.78 is 49.2. The van der Waals surface area contributed by atoms with Crippen LogP contribution in [0.5, 0.6) is 0 Å². The highest BCUT2D eigenvalue weighted by Crippen LogP contribution is 2.27. The van der Waals surface area contributed by atoms with Crippen molar-refractivity contribution in [2.24, 2.45) is 0 Å². The monoisotopic (exact) mass is 309 g/mol. The molecule has 1 aromatic carbocycles. The van der Waals surface area contributed by atoms with Gasteiger partial charge in [-0.3, -0.25) is 14.9 Å². The van der Waals surface area contributed by atoms with Gasteiger partial charge in [0.05, 0.1) is 4.92 Å². The molecule has 0 heterocycles. The summed E-state index contributed by atoms with van der Waals surface area (Å²) in [5.74, 6) is -2.19. The molecular formula is C11H11F4N3O3. The Morgan fingerprint density at radius 1 is 1.38 bits per heavy atom. The quantitative estimate of drug-likeness (QED) is 0.287. The average Bonchev–Trinajstić information content (AvgIpc) is 2.33. The second kappa shape index (κ2) is 6.37. The SMILES string of the molecule is Nc1c([N+](=O)[O-])ccc(F)c1C(=O)NCCCC(F)(F)F. The molecule has 0 aliphatic heterocycles. The number of hydrogen-bond acceptors (Lipinski definition) is 4. The zero-order chi connectivity index (χ0) is 16.2. The Balaban J connectivity index is 2.79. The number of nitrogens with two attached hydrogens (primary N) is 1. The van der Waals surface area contributed by atoms with Crippen LogP contribution in [0.1, 0.15) is 23.2 Å². The Bertz CT molecular complexity index is 560. The van der Waals surface area contributed by atoms with Crippen LogP contribution < -0.4 is 11.1 Å². The first kappa shape index (κ1) is 16.7. The van der Waals surface area contributed by atoms with Crippen molar-refractivity contribution in [3.05, 3.63) is 33.6 Å². The first-order chi connectivity index (χ1) is 9.63. The zero-order valence-corrected chi connectivity index (χ0v) is 10.5. The highest BCUT2D eigenvalue weighted by molar-refractivity contribution is 6.01. The van der Waals surface area contributed by atoms with Gasteiger partial charge < -0.3 is 11.1 Å². The van der Waals surface area contributed by atoms with Crippen LogP contribution in [0.4, 0.5) is 28.9 Å². The highest BCUT2D eigenvalue weighted by Gasteiger charge is 2.27. The molecule has 0 aliphatic carbocycles. The number of nitrogens with one attached hydrogen (secondary N) is 1. The smallest absolute Gasteiger partial charge is 0.389 e. The summed E-state index contributed by atoms with van der Waals surface area (Å²) in [6, 6.07) is 1.49. The van der Waals surface area contributed by atoms with Gasteiger partial charge >= 0.3 is 6.18 Å². The number of alkyl halides is 3. The van der Waals surface area contributed by atoms with Gasteiger partial charge in [0.15, 0.2) is 0 Å². The highest BCUT2D eigenvalue weighted by atomic mass is 19.4. The predicted octanol–water partition coefficient (Wildman–Crippen LogP) is 2.39. The Morgan fingerprint density at radius 3 is 2.52 bits per heavy atom. The number of nitrogen functional groups attached to an aromatic ring is 1. The van der Waals surface area contributed by atoms with E-state index >= 15 is 0 Å². The maximum atomic E-state index is 13.5. The standard InChI is InChI=1S/C11H11F4N3O3/c12-6-2-3-7(18(20)21)9(16)8(6)10(19)17-5-1-4-11(13,14)15/h2-3H,1,4-5,16H2,(H,17,19). The van der Waals surface area contributed by atoms with Gasteiger partial charge in [-0.05, 0) is 12.5 Å². The van der Waals surface area contributed by atoms with Crippen LogP contribution in [0.3, 0.4) is 0 Å². The van der Waals surface area contributed by atoms with Crippen LogP contribution in [0, 0.1) is 15.9 Å². The third-order valence-corrected chi connectivity index (χ3v) is 2.52. The summed E-state index contributed by atoms with van der Waals surface area (Å²) in [6.07, 6.45) is -5.87. The lowest BCUT2D eigenvalue weighted by atomic mass is 10.1. The van der Waals surface area contributed by atoms with E-state index in [-0.39, 0.29) is 6.54 Å². The molecule has 3 N–H and O–H groups in total. The van der Waals surface area contributed by atoms with E-state index in [1.54, 1.807) is 0 Å². The van der Waals surface area contributed by atoms with Crippen molar-refractivity contribution in [3.8, 4) is 0 Å². The van der Waals surface area contributed by atoms with Crippen LogP contribution in [-0.2, 0) is 0 Å². The van der Waals surface area contributed by atoms with E-state index in [0.717, 1.165) is 6.07 Å². The molecule has 0 spiro atoms. The molecule has 1 aromatic rings. The lowest BCUT2D eigenvalue weighted by molar-refractivity contribution is -0.384. The summed E-state index contributed by atoms with van der Waals surface area (Å²) in [7, 11) is 0. The van der Waals surface area contributed by atoms with Gasteiger partial charge in [0.25, 0.3) is 11.6 Å². The fourth-order valence-corrected chi connectivity index (χ4v) is 1.55. The van der Waals surface area contributed by atoms with Crippen molar-refractivity contribution in [1.29, 1.82) is 0 Å². The Kier molecular flexibility index (Phi) is 5.06. The average molecular weight is 309 g/mol. The number of benzene rings is 1. The zero-order valence-electron chi connectivity index (χ0n) is 10.5. The first-order valence-corrected chi connectivity index (χ1v) is 5.71. The maximum Gasteiger partial charge on any atom is 0.389 e. The normalized spacial score (nSPS) is 11.2. The second-order valence-electron chi connectivity index (χ2n) is 4.09. The fraction of sp³-hybridized carbons (Fsp3) is 0.364. The minimum atomic E-state index is -4.36. The van der Waals surface area contributed by atoms with Crippen LogP contribution in [0.2, 0.25) is 0 Å². The number of nitrogens with zero attached hydrogens (tertiary/aromatic N) is 1. The van der Waals surface area contributed by atoms with Gasteiger partial charge in [0, 0.05) is 19.0 Å². The second-order valence-corrected chi connectivity index (χ2v) is 4.09. The number of halogens is 4. The summed E-state index contributed by atoms with van der Waals surface area (Å²) in [5, 5.41) is 12.7. The molecule has 10 heteroatoms. The number of anilines is 1. The molecule has 0 atom stereocenters. The van der Waals surface area contributed by atoms with E-state index in [2.05, 4.69) is 0 Å². The molecular weight excluding hydrogens is 298 g/mol. The first-order valence-electron chi connectivity index (χ1n) is 5.71. The largest absolute Gasteiger partial charge is 0.392 e. The summed E-state index contributed by atoms with van der Waals surface area (Å²) >= 11 is 0. The van der Waals surface area contributed by atoms with Gasteiger partial charge in [-0.25, -0.2) is 4.39 Å². The van der Waals surface area contributed by atoms with Crippen LogP contribution in [0.15, 0.2) is 12.1 Å². The summed E-state index contributed by atoms with van der Waals surface area (Å²) in [6.45, 7) is -0.361. The summed E-state index contributed by atoms with van der Waals surface area (Å²) in [5.41, 5.74) is 3.25. The van der Waals surface area contributed by atoms with Crippen molar-refractivity contribution >= 4 is 17.3 Å². The van der Waals surface area contributed by atoms with Gasteiger partial charge in [-0.15, -0.1) is 0 Å². The minimum absolute atomic E-state index is 0.361. The molecule has 116 valence electrons. The number of carbonyl (C=O) groups excluding carboxylic acids is 1. The number of amides is 1. The predicted molar refractivity (Wildman–Crippen MR) is 65.1 cm³/mol. The lowest BCUT2D eigenvalue weighted by Crippen LogP contribution is -2.27. The molecule has 0 aliphatic rings. The van der Waals surface area contributed by atoms with Crippen LogP contribution in [-0.4, -0.2) is 23.6 Å². The van der Waals surface area contributed by atoms with Gasteiger partial charge in [-0.1, -0.05) is 0 Å². The van der Waals surface area contributed by atoms with Crippen molar-refractivity contribution in [1.82, 2.24) is 5.32 Å². The number of rotatable bonds is 5. The molecule has 0 fully saturated rings. The topological polar surface area (TPSA) is 98.3 Å². The third-order valence-electron chi connectivity index (χ3n) is 2.52. The van der Waals surface area contributed by atoms with E-state index in [1.807, 2.05) is 5.32 Å². The molecule has 0 radical (unpaired) electrons. The fourth-order valence-electron chi connectivity index (χ4n) is 1.55. The molecule has 6 nitrogen and oxygen atoms in total. The number of carbonyl (C=O) groups is 1. The Labute approximate surface area is 116 Å². The molecule has 1 rings (SSSR count). The molecule has 0 saturated carbocycles. The minimum Gasteiger partial charge on any atom is -0.392 e. The van der Waals surface area contributed by atoms with Gasteiger partial charge in [0.2, 0.25) is 0 Å². The number of nitro benzene ring substituents is 1. The van der Waals surface area contributed by atoms with E-state index in [1.165, 1.54) is 0 Å². The van der Waals surface area contributed by atoms with E-state index in [4.69, 9.17) is 5.73 Å². The third kappa shape index (κ3) is 4.58. The molecule has 0 unspecified atom stereocenters. The molecule has 21 heavy (non-hydrogen) atoms. The summed E-state index contributed by atoms with van der Waals surface area (Å²) in [4.78, 5) is 21.4. The van der Waals surface area contributed by atoms with Gasteiger partial charge in [0.1, 0.15) is 17.1 Å². The molecule has 0 bridgehead atoms. The molecule has 1 amide bonds. The van der Waals surface area contributed by atoms with Crippen molar-refractivity contribution in [2.45, 2.75) is 19.0 Å². The number of nitro groups is 1. The van der Waals surface area contributed by atoms with Crippen molar-refractivity contribution in [2.75, 3.05) is 12.3 Å². The van der Waals surface area contributed by atoms with E-state index in [9.17, 15) is 32.5 Å².